The molecule has 3 aromatic rings. The summed E-state index contributed by atoms with van der Waals surface area (Å²) in [6.45, 7) is 11.7. The number of hydrogen-bond donors (Lipinski definition) is 2. The van der Waals surface area contributed by atoms with E-state index in [1.807, 2.05) is 55.1 Å². The van der Waals surface area contributed by atoms with Crippen molar-refractivity contribution in [2.45, 2.75) is 59.9 Å². The number of aryl methyl sites for hydroxylation is 2. The van der Waals surface area contributed by atoms with E-state index in [4.69, 9.17) is 4.74 Å². The fourth-order valence-corrected chi connectivity index (χ4v) is 4.64. The van der Waals surface area contributed by atoms with E-state index in [0.29, 0.717) is 36.0 Å². The molecule has 180 valence electrons. The molecule has 0 spiro atoms. The molecule has 6 nitrogen and oxygen atoms in total. The van der Waals surface area contributed by atoms with Gasteiger partial charge in [-0.15, -0.1) is 0 Å². The second-order valence-corrected chi connectivity index (χ2v) is 9.70. The molecule has 1 aromatic heterocycles. The largest absolute Gasteiger partial charge is 0.507 e. The second kappa shape index (κ2) is 9.92. The molecule has 1 aliphatic heterocycles. The molecule has 0 saturated heterocycles. The fraction of sp³-hybridized carbons (Fsp3) is 0.429. The van der Waals surface area contributed by atoms with E-state index in [-0.39, 0.29) is 17.7 Å². The Labute approximate surface area is 202 Å². The number of aromatic nitrogens is 2. The zero-order chi connectivity index (χ0) is 24.4. The minimum absolute atomic E-state index is 0.0535. The molecule has 1 amide bonds. The van der Waals surface area contributed by atoms with Gasteiger partial charge in [0.25, 0.3) is 5.91 Å². The van der Waals surface area contributed by atoms with Crippen molar-refractivity contribution in [2.24, 2.45) is 5.92 Å². The van der Waals surface area contributed by atoms with E-state index in [1.165, 1.54) is 0 Å². The predicted octanol–water partition coefficient (Wildman–Crippen LogP) is 6.17. The molecule has 34 heavy (non-hydrogen) atoms. The molecule has 2 aromatic carbocycles. The number of carbonyl (C=O) groups is 1. The SMILES string of the molecule is CCCCN1C(=O)c2[nH]nc(-c3cc(C)cc(C)c3O)c2C1c1cccc(OCCC(C)C)c1. The van der Waals surface area contributed by atoms with Crippen LogP contribution in [-0.4, -0.2) is 39.3 Å². The molecular formula is C28H35N3O3. The molecule has 4 rings (SSSR count). The molecule has 0 radical (unpaired) electrons. The summed E-state index contributed by atoms with van der Waals surface area (Å²) in [5.41, 5.74) is 5.40. The Bertz CT molecular complexity index is 1180. The van der Waals surface area contributed by atoms with Gasteiger partial charge in [-0.05, 0) is 67.5 Å². The number of nitrogens with one attached hydrogen (secondary N) is 1. The Kier molecular flexibility index (Phi) is 6.96. The van der Waals surface area contributed by atoms with Crippen LogP contribution in [0.2, 0.25) is 0 Å². The van der Waals surface area contributed by atoms with Crippen LogP contribution < -0.4 is 4.74 Å². The van der Waals surface area contributed by atoms with Gasteiger partial charge in [0, 0.05) is 17.7 Å². The van der Waals surface area contributed by atoms with Crippen molar-refractivity contribution >= 4 is 5.91 Å². The Balaban J connectivity index is 1.80. The second-order valence-electron chi connectivity index (χ2n) is 9.70. The highest BCUT2D eigenvalue weighted by atomic mass is 16.5. The normalized spacial score (nSPS) is 15.3. The van der Waals surface area contributed by atoms with Crippen molar-refractivity contribution < 1.29 is 14.6 Å². The van der Waals surface area contributed by atoms with Crippen molar-refractivity contribution in [2.75, 3.05) is 13.2 Å². The summed E-state index contributed by atoms with van der Waals surface area (Å²) in [5.74, 6) is 1.52. The molecule has 0 aliphatic carbocycles. The first-order valence-electron chi connectivity index (χ1n) is 12.2. The Morgan fingerprint density at radius 2 is 2.00 bits per heavy atom. The summed E-state index contributed by atoms with van der Waals surface area (Å²) in [6, 6.07) is 11.6. The molecule has 0 fully saturated rings. The molecule has 0 bridgehead atoms. The van der Waals surface area contributed by atoms with Crippen molar-refractivity contribution in [3.8, 4) is 22.8 Å². The number of ether oxygens (including phenoxy) is 1. The van der Waals surface area contributed by atoms with E-state index in [9.17, 15) is 9.90 Å². The van der Waals surface area contributed by atoms with Crippen LogP contribution in [0.3, 0.4) is 0 Å². The summed E-state index contributed by atoms with van der Waals surface area (Å²) in [5, 5.41) is 18.4. The van der Waals surface area contributed by atoms with Crippen molar-refractivity contribution in [1.29, 1.82) is 0 Å². The zero-order valence-corrected chi connectivity index (χ0v) is 20.8. The Morgan fingerprint density at radius 1 is 1.21 bits per heavy atom. The van der Waals surface area contributed by atoms with Crippen LogP contribution in [0.25, 0.3) is 11.3 Å². The van der Waals surface area contributed by atoms with Crippen LogP contribution in [0.1, 0.15) is 78.8 Å². The van der Waals surface area contributed by atoms with Crippen molar-refractivity contribution in [3.05, 3.63) is 64.3 Å². The smallest absolute Gasteiger partial charge is 0.273 e. The number of aromatic amines is 1. The monoisotopic (exact) mass is 461 g/mol. The topological polar surface area (TPSA) is 78.5 Å². The number of H-pyrrole nitrogens is 1. The number of carbonyl (C=O) groups excluding carboxylic acids is 1. The Hall–Kier alpha value is -3.28. The van der Waals surface area contributed by atoms with Gasteiger partial charge >= 0.3 is 0 Å². The van der Waals surface area contributed by atoms with Gasteiger partial charge in [-0.2, -0.15) is 5.10 Å². The van der Waals surface area contributed by atoms with E-state index in [0.717, 1.165) is 47.3 Å². The lowest BCUT2D eigenvalue weighted by molar-refractivity contribution is 0.0741. The van der Waals surface area contributed by atoms with Gasteiger partial charge in [0.2, 0.25) is 0 Å². The van der Waals surface area contributed by atoms with Gasteiger partial charge in [-0.25, -0.2) is 0 Å². The molecule has 1 atom stereocenters. The average molecular weight is 462 g/mol. The Morgan fingerprint density at radius 3 is 2.74 bits per heavy atom. The summed E-state index contributed by atoms with van der Waals surface area (Å²) in [4.78, 5) is 15.4. The highest BCUT2D eigenvalue weighted by Crippen LogP contribution is 2.45. The van der Waals surface area contributed by atoms with E-state index in [1.54, 1.807) is 0 Å². The van der Waals surface area contributed by atoms with Gasteiger partial charge in [0.05, 0.1) is 12.6 Å². The lowest BCUT2D eigenvalue weighted by Crippen LogP contribution is -2.30. The summed E-state index contributed by atoms with van der Waals surface area (Å²) >= 11 is 0. The number of phenols is 1. The zero-order valence-electron chi connectivity index (χ0n) is 20.8. The molecule has 2 heterocycles. The van der Waals surface area contributed by atoms with E-state index in [2.05, 4.69) is 31.0 Å². The van der Waals surface area contributed by atoms with Gasteiger partial charge in [0.15, 0.2) is 0 Å². The molecule has 2 N–H and O–H groups in total. The van der Waals surface area contributed by atoms with Gasteiger partial charge in [-0.1, -0.05) is 45.4 Å². The number of unbranched alkanes of at least 4 members (excludes halogenated alkanes) is 1. The molecular weight excluding hydrogens is 426 g/mol. The first kappa shape index (κ1) is 23.9. The van der Waals surface area contributed by atoms with Crippen LogP contribution >= 0.6 is 0 Å². The number of amides is 1. The number of rotatable bonds is 9. The lowest BCUT2D eigenvalue weighted by Gasteiger charge is -2.26. The summed E-state index contributed by atoms with van der Waals surface area (Å²) in [7, 11) is 0. The highest BCUT2D eigenvalue weighted by molar-refractivity contribution is 6.00. The maximum absolute atomic E-state index is 13.4. The third-order valence-corrected chi connectivity index (χ3v) is 6.45. The van der Waals surface area contributed by atoms with Crippen LogP contribution in [-0.2, 0) is 0 Å². The van der Waals surface area contributed by atoms with Crippen LogP contribution in [0.4, 0.5) is 0 Å². The number of benzene rings is 2. The number of aromatic hydroxyl groups is 1. The third kappa shape index (κ3) is 4.54. The van der Waals surface area contributed by atoms with E-state index >= 15 is 0 Å². The first-order valence-corrected chi connectivity index (χ1v) is 12.2. The molecule has 0 saturated carbocycles. The summed E-state index contributed by atoms with van der Waals surface area (Å²) < 4.78 is 6.03. The minimum atomic E-state index is -0.295. The highest BCUT2D eigenvalue weighted by Gasteiger charge is 2.42. The number of phenolic OH excluding ortho intramolecular Hbond substituents is 1. The third-order valence-electron chi connectivity index (χ3n) is 6.45. The summed E-state index contributed by atoms with van der Waals surface area (Å²) in [6.07, 6.45) is 2.89. The number of fused-ring (bicyclic) bond motifs is 1. The van der Waals surface area contributed by atoms with Gasteiger partial charge < -0.3 is 14.7 Å². The van der Waals surface area contributed by atoms with E-state index < -0.39 is 0 Å². The number of nitrogens with zero attached hydrogens (tertiary/aromatic N) is 2. The lowest BCUT2D eigenvalue weighted by atomic mass is 9.94. The average Bonchev–Trinajstić information content (AvgIpc) is 3.33. The standard InChI is InChI=1S/C28H35N3O3/c1-6-7-12-31-26(20-9-8-10-21(16-20)34-13-11-17(2)3)23-24(29-30-25(23)28(31)33)22-15-18(4)14-19(5)27(22)32/h8-10,14-17,26,32H,6-7,11-13H2,1-5H3,(H,29,30). The van der Waals surface area contributed by atoms with Crippen molar-refractivity contribution in [1.82, 2.24) is 15.1 Å². The van der Waals surface area contributed by atoms with Gasteiger partial charge in [0.1, 0.15) is 22.9 Å². The van der Waals surface area contributed by atoms with Crippen LogP contribution in [0.5, 0.6) is 11.5 Å². The maximum atomic E-state index is 13.4. The predicted molar refractivity (Wildman–Crippen MR) is 134 cm³/mol. The van der Waals surface area contributed by atoms with Gasteiger partial charge in [-0.3, -0.25) is 9.89 Å². The van der Waals surface area contributed by atoms with Crippen LogP contribution in [0, 0.1) is 19.8 Å². The van der Waals surface area contributed by atoms with Crippen molar-refractivity contribution in [3.63, 3.8) is 0 Å². The maximum Gasteiger partial charge on any atom is 0.273 e. The first-order chi connectivity index (χ1) is 16.3. The minimum Gasteiger partial charge on any atom is -0.507 e. The molecule has 1 aliphatic rings. The molecule has 6 heteroatoms. The number of hydrogen-bond acceptors (Lipinski definition) is 4. The fourth-order valence-electron chi connectivity index (χ4n) is 4.64. The van der Waals surface area contributed by atoms with Crippen LogP contribution in [0.15, 0.2) is 36.4 Å². The quantitative estimate of drug-likeness (QED) is 0.399. The molecule has 1 unspecified atom stereocenters.